The zero-order valence-electron chi connectivity index (χ0n) is 10.9. The third-order valence-corrected chi connectivity index (χ3v) is 3.41. The minimum atomic E-state index is -0.213. The van der Waals surface area contributed by atoms with Gasteiger partial charge in [0.1, 0.15) is 5.82 Å². The van der Waals surface area contributed by atoms with E-state index >= 15 is 0 Å². The maximum absolute atomic E-state index is 13.4. The maximum atomic E-state index is 13.4. The largest absolute Gasteiger partial charge is 0.376 e. The van der Waals surface area contributed by atoms with Crippen LogP contribution in [-0.4, -0.2) is 30.7 Å². The molecule has 0 aromatic heterocycles. The van der Waals surface area contributed by atoms with Crippen LogP contribution in [0.25, 0.3) is 0 Å². The van der Waals surface area contributed by atoms with Gasteiger partial charge in [0.15, 0.2) is 0 Å². The number of nitrogens with zero attached hydrogens (tertiary/aromatic N) is 1. The van der Waals surface area contributed by atoms with Crippen molar-refractivity contribution in [1.82, 2.24) is 4.90 Å². The molecule has 1 atom stereocenters. The first-order valence-corrected chi connectivity index (χ1v) is 6.54. The third-order valence-electron chi connectivity index (χ3n) is 3.41. The van der Waals surface area contributed by atoms with Gasteiger partial charge in [-0.1, -0.05) is 19.1 Å². The van der Waals surface area contributed by atoms with Gasteiger partial charge >= 0.3 is 0 Å². The Hall–Kier alpha value is -0.970. The van der Waals surface area contributed by atoms with Gasteiger partial charge in [0.05, 0.1) is 12.7 Å². The summed E-state index contributed by atoms with van der Waals surface area (Å²) in [5, 5.41) is 0. The molecule has 1 aromatic rings. The van der Waals surface area contributed by atoms with Crippen molar-refractivity contribution in [2.24, 2.45) is 5.73 Å². The summed E-state index contributed by atoms with van der Waals surface area (Å²) in [4.78, 5) is 2.35. The molecule has 2 N–H and O–H groups in total. The quantitative estimate of drug-likeness (QED) is 0.889. The fourth-order valence-corrected chi connectivity index (χ4v) is 2.31. The second-order valence-electron chi connectivity index (χ2n) is 4.77. The summed E-state index contributed by atoms with van der Waals surface area (Å²) in [7, 11) is 0. The molecule has 0 aliphatic carbocycles. The van der Waals surface area contributed by atoms with Gasteiger partial charge in [0, 0.05) is 31.7 Å². The van der Waals surface area contributed by atoms with E-state index < -0.39 is 0 Å². The van der Waals surface area contributed by atoms with E-state index in [-0.39, 0.29) is 12.4 Å². The van der Waals surface area contributed by atoms with E-state index in [0.717, 1.165) is 38.2 Å². The molecule has 1 aromatic carbocycles. The number of ether oxygens (including phenoxy) is 1. The fourth-order valence-electron chi connectivity index (χ4n) is 2.31. The Morgan fingerprint density at radius 3 is 3.06 bits per heavy atom. The molecule has 1 unspecified atom stereocenters. The number of nitrogens with two attached hydrogens (primary N) is 1. The van der Waals surface area contributed by atoms with Crippen LogP contribution in [0.5, 0.6) is 0 Å². The highest BCUT2D eigenvalue weighted by Crippen LogP contribution is 2.15. The van der Waals surface area contributed by atoms with Crippen LogP contribution in [-0.2, 0) is 17.8 Å². The third kappa shape index (κ3) is 3.28. The summed E-state index contributed by atoms with van der Waals surface area (Å²) < 4.78 is 19.0. The minimum absolute atomic E-state index is 0.213. The van der Waals surface area contributed by atoms with Crippen LogP contribution in [0.2, 0.25) is 0 Å². The highest BCUT2D eigenvalue weighted by Gasteiger charge is 2.19. The second kappa shape index (κ2) is 6.27. The van der Waals surface area contributed by atoms with Gasteiger partial charge in [-0.2, -0.15) is 0 Å². The Morgan fingerprint density at radius 2 is 2.33 bits per heavy atom. The first-order valence-electron chi connectivity index (χ1n) is 6.54. The van der Waals surface area contributed by atoms with Crippen LogP contribution in [0.1, 0.15) is 24.5 Å². The SMILES string of the molecule is CCC1CN(Cc2ccc(F)c(CN)c2)CCO1. The molecule has 1 saturated heterocycles. The Kier molecular flexibility index (Phi) is 4.69. The summed E-state index contributed by atoms with van der Waals surface area (Å²) in [5.74, 6) is -0.213. The number of halogens is 1. The van der Waals surface area contributed by atoms with Crippen molar-refractivity contribution in [1.29, 1.82) is 0 Å². The molecule has 0 saturated carbocycles. The van der Waals surface area contributed by atoms with E-state index in [1.54, 1.807) is 0 Å². The van der Waals surface area contributed by atoms with E-state index in [0.29, 0.717) is 11.7 Å². The highest BCUT2D eigenvalue weighted by atomic mass is 19.1. The molecular weight excluding hydrogens is 231 g/mol. The van der Waals surface area contributed by atoms with E-state index in [4.69, 9.17) is 10.5 Å². The molecule has 100 valence electrons. The molecule has 0 bridgehead atoms. The van der Waals surface area contributed by atoms with Crippen LogP contribution < -0.4 is 5.73 Å². The lowest BCUT2D eigenvalue weighted by atomic mass is 10.1. The Bertz CT molecular complexity index is 397. The van der Waals surface area contributed by atoms with Crippen molar-refractivity contribution in [2.75, 3.05) is 19.7 Å². The smallest absolute Gasteiger partial charge is 0.127 e. The first-order chi connectivity index (χ1) is 8.72. The van der Waals surface area contributed by atoms with Crippen LogP contribution >= 0.6 is 0 Å². The van der Waals surface area contributed by atoms with Gasteiger partial charge in [0.25, 0.3) is 0 Å². The molecule has 0 amide bonds. The van der Waals surface area contributed by atoms with E-state index in [2.05, 4.69) is 11.8 Å². The lowest BCUT2D eigenvalue weighted by Gasteiger charge is -2.32. The molecule has 1 aliphatic rings. The number of benzene rings is 1. The predicted octanol–water partition coefficient (Wildman–Crippen LogP) is 1.90. The Morgan fingerprint density at radius 1 is 1.50 bits per heavy atom. The van der Waals surface area contributed by atoms with E-state index in [9.17, 15) is 4.39 Å². The van der Waals surface area contributed by atoms with Crippen molar-refractivity contribution in [3.63, 3.8) is 0 Å². The van der Waals surface area contributed by atoms with E-state index in [1.807, 2.05) is 12.1 Å². The van der Waals surface area contributed by atoms with Crippen molar-refractivity contribution in [3.05, 3.63) is 35.1 Å². The average Bonchev–Trinajstić information content (AvgIpc) is 2.41. The van der Waals surface area contributed by atoms with Gasteiger partial charge in [0.2, 0.25) is 0 Å². The number of morpholine rings is 1. The molecule has 0 spiro atoms. The lowest BCUT2D eigenvalue weighted by Crippen LogP contribution is -2.41. The van der Waals surface area contributed by atoms with Gasteiger partial charge < -0.3 is 10.5 Å². The molecule has 0 radical (unpaired) electrons. The number of hydrogen-bond donors (Lipinski definition) is 1. The van der Waals surface area contributed by atoms with Gasteiger partial charge in [-0.05, 0) is 18.1 Å². The summed E-state index contributed by atoms with van der Waals surface area (Å²) in [6.45, 7) is 5.90. The van der Waals surface area contributed by atoms with Crippen LogP contribution in [0, 0.1) is 5.82 Å². The van der Waals surface area contributed by atoms with Crippen molar-refractivity contribution < 1.29 is 9.13 Å². The Balaban J connectivity index is 2.00. The lowest BCUT2D eigenvalue weighted by molar-refractivity contribution is -0.0324. The number of rotatable bonds is 4. The molecule has 1 aliphatic heterocycles. The maximum Gasteiger partial charge on any atom is 0.127 e. The van der Waals surface area contributed by atoms with Gasteiger partial charge in [-0.3, -0.25) is 4.90 Å². The summed E-state index contributed by atoms with van der Waals surface area (Å²) in [6, 6.07) is 5.21. The zero-order chi connectivity index (χ0) is 13.0. The van der Waals surface area contributed by atoms with Crippen LogP contribution in [0.4, 0.5) is 4.39 Å². The molecule has 1 fully saturated rings. The molecule has 4 heteroatoms. The van der Waals surface area contributed by atoms with E-state index in [1.165, 1.54) is 6.07 Å². The van der Waals surface area contributed by atoms with Gasteiger partial charge in [-0.15, -0.1) is 0 Å². The topological polar surface area (TPSA) is 38.5 Å². The first kappa shape index (κ1) is 13.5. The highest BCUT2D eigenvalue weighted by molar-refractivity contribution is 5.25. The summed E-state index contributed by atoms with van der Waals surface area (Å²) in [6.07, 6.45) is 1.36. The molecule has 3 nitrogen and oxygen atoms in total. The molecule has 1 heterocycles. The monoisotopic (exact) mass is 252 g/mol. The van der Waals surface area contributed by atoms with Crippen LogP contribution in [0.3, 0.4) is 0 Å². The molecule has 2 rings (SSSR count). The molecule has 18 heavy (non-hydrogen) atoms. The van der Waals surface area contributed by atoms with Crippen molar-refractivity contribution in [3.8, 4) is 0 Å². The fraction of sp³-hybridized carbons (Fsp3) is 0.571. The standard InChI is InChI=1S/C14H21FN2O/c1-2-13-10-17(5-6-18-13)9-11-3-4-14(15)12(7-11)8-16/h3-4,7,13H,2,5-6,8-10,16H2,1H3. The molecular formula is C14H21FN2O. The van der Waals surface area contributed by atoms with Crippen LogP contribution in [0.15, 0.2) is 18.2 Å². The summed E-state index contributed by atoms with van der Waals surface area (Å²) in [5.41, 5.74) is 7.23. The Labute approximate surface area is 108 Å². The van der Waals surface area contributed by atoms with Crippen molar-refractivity contribution in [2.45, 2.75) is 32.5 Å². The summed E-state index contributed by atoms with van der Waals surface area (Å²) >= 11 is 0. The predicted molar refractivity (Wildman–Crippen MR) is 69.6 cm³/mol. The average molecular weight is 252 g/mol. The second-order valence-corrected chi connectivity index (χ2v) is 4.77. The van der Waals surface area contributed by atoms with Crippen molar-refractivity contribution >= 4 is 0 Å². The van der Waals surface area contributed by atoms with Gasteiger partial charge in [-0.25, -0.2) is 4.39 Å². The normalized spacial score (nSPS) is 21.2. The minimum Gasteiger partial charge on any atom is -0.376 e. The zero-order valence-corrected chi connectivity index (χ0v) is 10.9. The number of hydrogen-bond acceptors (Lipinski definition) is 3.